The first-order valence-electron chi connectivity index (χ1n) is 5.65. The van der Waals surface area contributed by atoms with Crippen molar-refractivity contribution in [2.45, 2.75) is 4.90 Å². The molecule has 2 heteroatoms. The Labute approximate surface area is 105 Å². The van der Waals surface area contributed by atoms with Gasteiger partial charge >= 0.3 is 0 Å². The minimum absolute atomic E-state index is 1.29. The average molecular weight is 240 g/mol. The van der Waals surface area contributed by atoms with E-state index in [0.29, 0.717) is 0 Å². The molecular weight excluding hydrogens is 226 g/mol. The summed E-state index contributed by atoms with van der Waals surface area (Å²) in [5.74, 6) is 0. The molecule has 0 bridgehead atoms. The maximum atomic E-state index is 2.23. The van der Waals surface area contributed by atoms with E-state index in [-0.39, 0.29) is 0 Å². The zero-order chi connectivity index (χ0) is 11.8. The van der Waals surface area contributed by atoms with Crippen LogP contribution in [0.5, 0.6) is 0 Å². The maximum absolute atomic E-state index is 2.23. The lowest BCUT2D eigenvalue weighted by atomic mass is 10.1. The first kappa shape index (κ1) is 10.6. The van der Waals surface area contributed by atoms with Gasteiger partial charge in [-0.15, -0.1) is 11.8 Å². The third-order valence-corrected chi connectivity index (χ3v) is 3.92. The van der Waals surface area contributed by atoms with Crippen LogP contribution in [-0.4, -0.2) is 6.26 Å². The summed E-state index contributed by atoms with van der Waals surface area (Å²) in [5, 5.41) is 3.95. The third kappa shape index (κ3) is 1.60. The molecule has 0 saturated carbocycles. The van der Waals surface area contributed by atoms with Crippen molar-refractivity contribution >= 4 is 33.4 Å². The van der Waals surface area contributed by atoms with Gasteiger partial charge in [0.1, 0.15) is 7.05 Å². The van der Waals surface area contributed by atoms with Gasteiger partial charge in [-0.3, -0.25) is 0 Å². The molecule has 3 aromatic rings. The number of benzene rings is 2. The van der Waals surface area contributed by atoms with Crippen molar-refractivity contribution in [3.05, 3.63) is 48.7 Å². The van der Waals surface area contributed by atoms with Gasteiger partial charge in [-0.05, 0) is 24.5 Å². The Kier molecular flexibility index (Phi) is 2.52. The molecule has 0 aliphatic heterocycles. The van der Waals surface area contributed by atoms with Crippen LogP contribution in [-0.2, 0) is 7.05 Å². The van der Waals surface area contributed by atoms with Crippen LogP contribution in [0, 0.1) is 0 Å². The van der Waals surface area contributed by atoms with Crippen LogP contribution in [0.4, 0.5) is 0 Å². The first-order chi connectivity index (χ1) is 8.31. The maximum Gasteiger partial charge on any atom is 0.226 e. The van der Waals surface area contributed by atoms with E-state index in [2.05, 4.69) is 66.5 Å². The van der Waals surface area contributed by atoms with Crippen molar-refractivity contribution in [2.24, 2.45) is 7.05 Å². The first-order valence-corrected chi connectivity index (χ1v) is 6.88. The molecule has 0 saturated heterocycles. The standard InChI is InChI=1S/C15H14NS/c1-16-10-11-6-3-4-7-12(11)13-8-5-9-14(17-2)15(13)16/h3-10H,1-2H3/q+1. The molecule has 0 N–H and O–H groups in total. The second-order valence-corrected chi connectivity index (χ2v) is 5.03. The normalized spacial score (nSPS) is 11.2. The smallest absolute Gasteiger partial charge is 0.199 e. The van der Waals surface area contributed by atoms with Crippen molar-refractivity contribution < 1.29 is 4.57 Å². The molecule has 17 heavy (non-hydrogen) atoms. The van der Waals surface area contributed by atoms with E-state index in [1.807, 2.05) is 0 Å². The van der Waals surface area contributed by atoms with Gasteiger partial charge in [0, 0.05) is 10.8 Å². The number of hydrogen-bond donors (Lipinski definition) is 0. The van der Waals surface area contributed by atoms with Crippen LogP contribution in [0.3, 0.4) is 0 Å². The summed E-state index contributed by atoms with van der Waals surface area (Å²) < 4.78 is 2.23. The van der Waals surface area contributed by atoms with Crippen molar-refractivity contribution in [3.8, 4) is 0 Å². The molecule has 0 aliphatic rings. The molecule has 1 heterocycles. The Morgan fingerprint density at radius 3 is 2.53 bits per heavy atom. The average Bonchev–Trinajstić information content (AvgIpc) is 2.38. The lowest BCUT2D eigenvalue weighted by Crippen LogP contribution is -2.28. The van der Waals surface area contributed by atoms with E-state index >= 15 is 0 Å². The highest BCUT2D eigenvalue weighted by Gasteiger charge is 2.13. The van der Waals surface area contributed by atoms with E-state index in [4.69, 9.17) is 0 Å². The predicted octanol–water partition coefficient (Wildman–Crippen LogP) is 3.54. The molecule has 1 aromatic heterocycles. The summed E-state index contributed by atoms with van der Waals surface area (Å²) in [6.45, 7) is 0. The number of hydrogen-bond acceptors (Lipinski definition) is 1. The summed E-state index contributed by atoms with van der Waals surface area (Å²) in [6.07, 6.45) is 4.33. The highest BCUT2D eigenvalue weighted by atomic mass is 32.2. The predicted molar refractivity (Wildman–Crippen MR) is 74.4 cm³/mol. The lowest BCUT2D eigenvalue weighted by molar-refractivity contribution is -0.644. The molecule has 0 radical (unpaired) electrons. The van der Waals surface area contributed by atoms with Crippen molar-refractivity contribution in [2.75, 3.05) is 6.26 Å². The van der Waals surface area contributed by atoms with Gasteiger partial charge in [-0.1, -0.05) is 24.3 Å². The number of fused-ring (bicyclic) bond motifs is 3. The Hall–Kier alpha value is -1.54. The number of thioether (sulfide) groups is 1. The van der Waals surface area contributed by atoms with Gasteiger partial charge in [0.15, 0.2) is 6.20 Å². The number of aryl methyl sites for hydroxylation is 1. The lowest BCUT2D eigenvalue weighted by Gasteiger charge is -2.05. The van der Waals surface area contributed by atoms with Crippen LogP contribution in [0.2, 0.25) is 0 Å². The second-order valence-electron chi connectivity index (χ2n) is 4.18. The molecule has 0 unspecified atom stereocenters. The Morgan fingerprint density at radius 2 is 1.71 bits per heavy atom. The van der Waals surface area contributed by atoms with E-state index in [0.717, 1.165) is 0 Å². The number of rotatable bonds is 1. The largest absolute Gasteiger partial charge is 0.226 e. The molecular formula is C15H14NS+. The summed E-state index contributed by atoms with van der Waals surface area (Å²) in [7, 11) is 2.12. The summed E-state index contributed by atoms with van der Waals surface area (Å²) in [4.78, 5) is 1.33. The summed E-state index contributed by atoms with van der Waals surface area (Å²) >= 11 is 1.80. The monoisotopic (exact) mass is 240 g/mol. The SMILES string of the molecule is CSc1cccc2c3ccccc3c[n+](C)c12. The fourth-order valence-corrected chi connectivity index (χ4v) is 3.06. The quantitative estimate of drug-likeness (QED) is 0.357. The van der Waals surface area contributed by atoms with E-state index < -0.39 is 0 Å². The van der Waals surface area contributed by atoms with E-state index in [1.165, 1.54) is 26.6 Å². The fourth-order valence-electron chi connectivity index (χ4n) is 2.40. The number of aromatic nitrogens is 1. The topological polar surface area (TPSA) is 3.88 Å². The minimum atomic E-state index is 1.29. The molecule has 0 spiro atoms. The zero-order valence-corrected chi connectivity index (χ0v) is 10.8. The minimum Gasteiger partial charge on any atom is -0.199 e. The van der Waals surface area contributed by atoms with Crippen molar-refractivity contribution in [1.82, 2.24) is 0 Å². The molecule has 0 aliphatic carbocycles. The van der Waals surface area contributed by atoms with Crippen LogP contribution < -0.4 is 4.57 Å². The zero-order valence-electron chi connectivity index (χ0n) is 9.97. The van der Waals surface area contributed by atoms with Crippen LogP contribution in [0.15, 0.2) is 53.6 Å². The second kappa shape index (κ2) is 4.04. The van der Waals surface area contributed by atoms with Crippen molar-refractivity contribution in [1.29, 1.82) is 0 Å². The highest BCUT2D eigenvalue weighted by molar-refractivity contribution is 7.98. The van der Waals surface area contributed by atoms with Crippen LogP contribution in [0.1, 0.15) is 0 Å². The van der Waals surface area contributed by atoms with E-state index in [9.17, 15) is 0 Å². The van der Waals surface area contributed by atoms with E-state index in [1.54, 1.807) is 11.8 Å². The Morgan fingerprint density at radius 1 is 0.941 bits per heavy atom. The molecule has 3 rings (SSSR count). The summed E-state index contributed by atoms with van der Waals surface area (Å²) in [5.41, 5.74) is 1.32. The van der Waals surface area contributed by atoms with Gasteiger partial charge in [-0.2, -0.15) is 4.57 Å². The van der Waals surface area contributed by atoms with Gasteiger partial charge < -0.3 is 0 Å². The van der Waals surface area contributed by atoms with Gasteiger partial charge in [0.05, 0.1) is 10.3 Å². The number of para-hydroxylation sites is 1. The third-order valence-electron chi connectivity index (χ3n) is 3.16. The van der Waals surface area contributed by atoms with Crippen molar-refractivity contribution in [3.63, 3.8) is 0 Å². The van der Waals surface area contributed by atoms with Gasteiger partial charge in [0.25, 0.3) is 0 Å². The Bertz CT molecular complexity index is 704. The van der Waals surface area contributed by atoms with Gasteiger partial charge in [-0.25, -0.2) is 0 Å². The molecule has 0 atom stereocenters. The summed E-state index contributed by atoms with van der Waals surface area (Å²) in [6, 6.07) is 15.1. The molecule has 1 nitrogen and oxygen atoms in total. The molecule has 2 aromatic carbocycles. The fraction of sp³-hybridized carbons (Fsp3) is 0.133. The molecule has 84 valence electrons. The highest BCUT2D eigenvalue weighted by Crippen LogP contribution is 2.28. The van der Waals surface area contributed by atoms with Crippen LogP contribution in [0.25, 0.3) is 21.7 Å². The van der Waals surface area contributed by atoms with Crippen LogP contribution >= 0.6 is 11.8 Å². The number of pyridine rings is 1. The molecule has 0 fully saturated rings. The molecule has 0 amide bonds. The van der Waals surface area contributed by atoms with Gasteiger partial charge in [0.2, 0.25) is 5.52 Å². The number of nitrogens with zero attached hydrogens (tertiary/aromatic N) is 1. The Balaban J connectivity index is 2.58.